The van der Waals surface area contributed by atoms with Gasteiger partial charge in [-0.15, -0.1) is 0 Å². The summed E-state index contributed by atoms with van der Waals surface area (Å²) in [6.45, 7) is 3.55. The molecule has 5 nitrogen and oxygen atoms in total. The lowest BCUT2D eigenvalue weighted by molar-refractivity contribution is -0.129. The quantitative estimate of drug-likeness (QED) is 0.870. The summed E-state index contributed by atoms with van der Waals surface area (Å²) < 4.78 is 5.31. The molecule has 1 fully saturated rings. The zero-order valence-electron chi connectivity index (χ0n) is 14.3. The number of nitrogens with zero attached hydrogens (tertiary/aromatic N) is 1. The number of amides is 2. The zero-order chi connectivity index (χ0) is 17.6. The van der Waals surface area contributed by atoms with Crippen LogP contribution in [0.2, 0.25) is 0 Å². The van der Waals surface area contributed by atoms with Crippen LogP contribution in [0.25, 0.3) is 6.08 Å². The molecule has 2 amide bonds. The molecule has 3 rings (SSSR count). The van der Waals surface area contributed by atoms with E-state index in [4.69, 9.17) is 4.42 Å². The van der Waals surface area contributed by atoms with Gasteiger partial charge in [0.15, 0.2) is 0 Å². The normalized spacial score (nSPS) is 18.0. The van der Waals surface area contributed by atoms with E-state index in [-0.39, 0.29) is 17.5 Å². The van der Waals surface area contributed by atoms with E-state index in [1.54, 1.807) is 47.4 Å². The number of benzene rings is 1. The minimum Gasteiger partial charge on any atom is -0.465 e. The Kier molecular flexibility index (Phi) is 5.33. The number of hydrogen-bond acceptors (Lipinski definition) is 3. The number of nitrogens with one attached hydrogen (secondary N) is 1. The fraction of sp³-hybridized carbons (Fsp3) is 0.300. The molecule has 2 heterocycles. The fourth-order valence-electron chi connectivity index (χ4n) is 3.00. The van der Waals surface area contributed by atoms with Crippen molar-refractivity contribution >= 4 is 17.9 Å². The van der Waals surface area contributed by atoms with Gasteiger partial charge in [-0.05, 0) is 43.0 Å². The molecular formula is C20H22N2O3. The van der Waals surface area contributed by atoms with E-state index in [0.717, 1.165) is 12.8 Å². The van der Waals surface area contributed by atoms with Crippen LogP contribution in [0, 0.1) is 5.92 Å². The predicted octanol–water partition coefficient (Wildman–Crippen LogP) is 3.31. The lowest BCUT2D eigenvalue weighted by Gasteiger charge is -2.31. The van der Waals surface area contributed by atoms with Crippen molar-refractivity contribution in [2.24, 2.45) is 5.92 Å². The number of carbonyl (C=O) groups excluding carboxylic acids is 2. The van der Waals surface area contributed by atoms with Gasteiger partial charge in [-0.2, -0.15) is 0 Å². The zero-order valence-corrected chi connectivity index (χ0v) is 14.3. The number of rotatable bonds is 4. The Balaban J connectivity index is 1.82. The van der Waals surface area contributed by atoms with Crippen LogP contribution in [0.5, 0.6) is 0 Å². The van der Waals surface area contributed by atoms with Crippen LogP contribution in [0.1, 0.15) is 35.9 Å². The van der Waals surface area contributed by atoms with E-state index in [1.807, 2.05) is 6.07 Å². The first-order valence-electron chi connectivity index (χ1n) is 8.54. The molecule has 1 aliphatic rings. The molecule has 25 heavy (non-hydrogen) atoms. The Labute approximate surface area is 147 Å². The number of hydrogen-bond donors (Lipinski definition) is 1. The second-order valence-electron chi connectivity index (χ2n) is 6.39. The molecule has 0 saturated carbocycles. The Bertz CT molecular complexity index is 751. The fourth-order valence-corrected chi connectivity index (χ4v) is 3.00. The van der Waals surface area contributed by atoms with Crippen LogP contribution in [0.15, 0.2) is 58.8 Å². The van der Waals surface area contributed by atoms with Gasteiger partial charge in [0, 0.05) is 24.7 Å². The molecule has 130 valence electrons. The van der Waals surface area contributed by atoms with Crippen LogP contribution in [-0.4, -0.2) is 29.8 Å². The summed E-state index contributed by atoms with van der Waals surface area (Å²) in [5.41, 5.74) is 0.741. The molecule has 0 radical (unpaired) electrons. The van der Waals surface area contributed by atoms with Crippen LogP contribution < -0.4 is 5.32 Å². The number of piperidine rings is 1. The van der Waals surface area contributed by atoms with Crippen molar-refractivity contribution in [3.8, 4) is 0 Å². The Morgan fingerprint density at radius 3 is 2.68 bits per heavy atom. The first kappa shape index (κ1) is 17.0. The SMILES string of the molecule is C[C@H]1CCCN(C(=O)/C(=C/c2ccco2)NC(=O)c2ccccc2)C1. The third kappa shape index (κ3) is 4.38. The molecule has 2 aromatic rings. The average molecular weight is 338 g/mol. The lowest BCUT2D eigenvalue weighted by Crippen LogP contribution is -2.43. The highest BCUT2D eigenvalue weighted by molar-refractivity contribution is 6.05. The van der Waals surface area contributed by atoms with Crippen molar-refractivity contribution < 1.29 is 14.0 Å². The summed E-state index contributed by atoms with van der Waals surface area (Å²) in [7, 11) is 0. The molecule has 0 spiro atoms. The van der Waals surface area contributed by atoms with E-state index in [2.05, 4.69) is 12.2 Å². The lowest BCUT2D eigenvalue weighted by atomic mass is 10.00. The molecule has 0 aliphatic carbocycles. The van der Waals surface area contributed by atoms with Gasteiger partial charge in [0.1, 0.15) is 11.5 Å². The second kappa shape index (κ2) is 7.83. The van der Waals surface area contributed by atoms with Gasteiger partial charge in [0.05, 0.1) is 6.26 Å². The number of furan rings is 1. The van der Waals surface area contributed by atoms with Crippen molar-refractivity contribution in [1.82, 2.24) is 10.2 Å². The summed E-state index contributed by atoms with van der Waals surface area (Å²) in [5, 5.41) is 2.75. The van der Waals surface area contributed by atoms with Gasteiger partial charge in [0.25, 0.3) is 11.8 Å². The molecule has 1 aliphatic heterocycles. The first-order chi connectivity index (χ1) is 12.1. The van der Waals surface area contributed by atoms with Crippen molar-refractivity contribution in [3.05, 3.63) is 65.7 Å². The third-order valence-corrected chi connectivity index (χ3v) is 4.29. The molecule has 0 bridgehead atoms. The first-order valence-corrected chi connectivity index (χ1v) is 8.54. The third-order valence-electron chi connectivity index (χ3n) is 4.29. The van der Waals surface area contributed by atoms with Crippen LogP contribution in [0.4, 0.5) is 0 Å². The molecule has 1 saturated heterocycles. The number of likely N-dealkylation sites (tertiary alicyclic amines) is 1. The van der Waals surface area contributed by atoms with E-state index < -0.39 is 0 Å². The molecular weight excluding hydrogens is 316 g/mol. The highest BCUT2D eigenvalue weighted by atomic mass is 16.3. The van der Waals surface area contributed by atoms with Gasteiger partial charge >= 0.3 is 0 Å². The summed E-state index contributed by atoms with van der Waals surface area (Å²) in [6, 6.07) is 12.4. The van der Waals surface area contributed by atoms with E-state index in [1.165, 1.54) is 6.26 Å². The van der Waals surface area contributed by atoms with Crippen LogP contribution >= 0.6 is 0 Å². The van der Waals surface area contributed by atoms with E-state index in [0.29, 0.717) is 30.3 Å². The summed E-state index contributed by atoms with van der Waals surface area (Å²) >= 11 is 0. The highest BCUT2D eigenvalue weighted by Gasteiger charge is 2.25. The van der Waals surface area contributed by atoms with Gasteiger partial charge < -0.3 is 14.6 Å². The Morgan fingerprint density at radius 2 is 2.00 bits per heavy atom. The summed E-state index contributed by atoms with van der Waals surface area (Å²) in [6.07, 6.45) is 5.23. The summed E-state index contributed by atoms with van der Waals surface area (Å²) in [5.74, 6) is 0.512. The van der Waals surface area contributed by atoms with Crippen molar-refractivity contribution in [2.75, 3.05) is 13.1 Å². The average Bonchev–Trinajstić information content (AvgIpc) is 3.14. The number of carbonyl (C=O) groups is 2. The summed E-state index contributed by atoms with van der Waals surface area (Å²) in [4.78, 5) is 27.2. The van der Waals surface area contributed by atoms with Gasteiger partial charge in [-0.1, -0.05) is 25.1 Å². The molecule has 1 aromatic heterocycles. The van der Waals surface area contributed by atoms with Gasteiger partial charge in [0.2, 0.25) is 0 Å². The van der Waals surface area contributed by atoms with Crippen molar-refractivity contribution in [1.29, 1.82) is 0 Å². The minimum atomic E-state index is -0.309. The van der Waals surface area contributed by atoms with E-state index in [9.17, 15) is 9.59 Å². The molecule has 5 heteroatoms. The molecule has 1 N–H and O–H groups in total. The van der Waals surface area contributed by atoms with Gasteiger partial charge in [-0.25, -0.2) is 0 Å². The van der Waals surface area contributed by atoms with Crippen molar-refractivity contribution in [3.63, 3.8) is 0 Å². The largest absolute Gasteiger partial charge is 0.465 e. The van der Waals surface area contributed by atoms with Crippen LogP contribution in [0.3, 0.4) is 0 Å². The van der Waals surface area contributed by atoms with Crippen molar-refractivity contribution in [2.45, 2.75) is 19.8 Å². The highest BCUT2D eigenvalue weighted by Crippen LogP contribution is 2.18. The van der Waals surface area contributed by atoms with Crippen LogP contribution in [-0.2, 0) is 4.79 Å². The molecule has 0 unspecified atom stereocenters. The smallest absolute Gasteiger partial charge is 0.270 e. The minimum absolute atomic E-state index is 0.174. The Morgan fingerprint density at radius 1 is 1.20 bits per heavy atom. The maximum absolute atomic E-state index is 12.9. The van der Waals surface area contributed by atoms with E-state index >= 15 is 0 Å². The second-order valence-corrected chi connectivity index (χ2v) is 6.39. The molecule has 1 aromatic carbocycles. The predicted molar refractivity (Wildman–Crippen MR) is 95.6 cm³/mol. The van der Waals surface area contributed by atoms with Gasteiger partial charge in [-0.3, -0.25) is 9.59 Å². The maximum atomic E-state index is 12.9. The Hall–Kier alpha value is -2.82. The molecule has 1 atom stereocenters. The monoisotopic (exact) mass is 338 g/mol. The standard InChI is InChI=1S/C20H22N2O3/c1-15-7-5-11-22(14-15)20(24)18(13-17-10-6-12-25-17)21-19(23)16-8-3-2-4-9-16/h2-4,6,8-10,12-13,15H,5,7,11,14H2,1H3,(H,21,23)/b18-13-/t15-/m0/s1. The topological polar surface area (TPSA) is 62.6 Å². The maximum Gasteiger partial charge on any atom is 0.270 e.